The first-order chi connectivity index (χ1) is 15.5. The predicted octanol–water partition coefficient (Wildman–Crippen LogP) is 5.78. The van der Waals surface area contributed by atoms with E-state index in [0.717, 1.165) is 49.0 Å². The molecule has 0 spiro atoms. The monoisotopic (exact) mass is 439 g/mol. The third-order valence-corrected chi connectivity index (χ3v) is 5.43. The van der Waals surface area contributed by atoms with Crippen molar-refractivity contribution in [1.82, 2.24) is 14.7 Å². The molecule has 2 aromatic carbocycles. The highest BCUT2D eigenvalue weighted by atomic mass is 19.1. The summed E-state index contributed by atoms with van der Waals surface area (Å²) in [5.74, 6) is 0.665. The van der Waals surface area contributed by atoms with Crippen LogP contribution in [0.25, 0.3) is 11.3 Å². The van der Waals surface area contributed by atoms with E-state index in [1.807, 2.05) is 37.4 Å². The maximum Gasteiger partial charge on any atom is 0.222 e. The van der Waals surface area contributed by atoms with E-state index in [2.05, 4.69) is 18.7 Å². The van der Waals surface area contributed by atoms with Crippen LogP contribution in [0.3, 0.4) is 0 Å². The van der Waals surface area contributed by atoms with E-state index >= 15 is 0 Å². The summed E-state index contributed by atoms with van der Waals surface area (Å²) in [6.07, 6.45) is 3.48. The first-order valence-corrected chi connectivity index (χ1v) is 11.5. The van der Waals surface area contributed by atoms with Crippen LogP contribution in [-0.4, -0.2) is 39.0 Å². The topological polar surface area (TPSA) is 50.5 Å². The van der Waals surface area contributed by atoms with Crippen LogP contribution in [0, 0.1) is 5.82 Å². The summed E-state index contributed by atoms with van der Waals surface area (Å²) in [6.45, 7) is 6.30. The van der Waals surface area contributed by atoms with Gasteiger partial charge in [-0.2, -0.15) is 5.10 Å². The van der Waals surface area contributed by atoms with E-state index in [1.54, 1.807) is 16.8 Å². The van der Waals surface area contributed by atoms with Gasteiger partial charge in [0.05, 0.1) is 11.7 Å². The molecule has 5 nitrogen and oxygen atoms in total. The van der Waals surface area contributed by atoms with Crippen molar-refractivity contribution >= 4 is 0 Å². The SMILES string of the molecule is CCCCC(O)CN(CCC)Cc1c(-c2ccccc2)nn(C)c1Oc1cccc(F)c1. The van der Waals surface area contributed by atoms with E-state index in [-0.39, 0.29) is 11.9 Å². The molecule has 1 N–H and O–H groups in total. The number of hydrogen-bond donors (Lipinski definition) is 1. The van der Waals surface area contributed by atoms with Gasteiger partial charge in [-0.1, -0.05) is 63.1 Å². The van der Waals surface area contributed by atoms with Gasteiger partial charge >= 0.3 is 0 Å². The second kappa shape index (κ2) is 11.8. The number of nitrogens with zero attached hydrogens (tertiary/aromatic N) is 3. The smallest absolute Gasteiger partial charge is 0.222 e. The second-order valence-electron chi connectivity index (χ2n) is 8.21. The highest BCUT2D eigenvalue weighted by Crippen LogP contribution is 2.34. The van der Waals surface area contributed by atoms with Crippen molar-refractivity contribution in [3.05, 3.63) is 66.0 Å². The van der Waals surface area contributed by atoms with Crippen molar-refractivity contribution in [2.45, 2.75) is 52.2 Å². The third-order valence-electron chi connectivity index (χ3n) is 5.43. The molecule has 32 heavy (non-hydrogen) atoms. The van der Waals surface area contributed by atoms with Crippen molar-refractivity contribution in [3.8, 4) is 22.9 Å². The lowest BCUT2D eigenvalue weighted by molar-refractivity contribution is 0.0992. The summed E-state index contributed by atoms with van der Waals surface area (Å²) >= 11 is 0. The fraction of sp³-hybridized carbons (Fsp3) is 0.423. The molecule has 0 bridgehead atoms. The number of aromatic nitrogens is 2. The van der Waals surface area contributed by atoms with Gasteiger partial charge in [-0.3, -0.25) is 4.90 Å². The Morgan fingerprint density at radius 3 is 2.56 bits per heavy atom. The number of unbranched alkanes of at least 4 members (excludes halogenated alkanes) is 1. The van der Waals surface area contributed by atoms with Gasteiger partial charge in [-0.05, 0) is 31.5 Å². The predicted molar refractivity (Wildman–Crippen MR) is 126 cm³/mol. The molecule has 0 saturated heterocycles. The molecule has 1 heterocycles. The molecule has 172 valence electrons. The maximum absolute atomic E-state index is 13.8. The lowest BCUT2D eigenvalue weighted by atomic mass is 10.1. The van der Waals surface area contributed by atoms with Crippen molar-refractivity contribution in [3.63, 3.8) is 0 Å². The Morgan fingerprint density at radius 2 is 1.88 bits per heavy atom. The standard InChI is InChI=1S/C26H34FN3O2/c1-4-6-14-22(31)18-30(16-5-2)19-24-25(20-11-8-7-9-12-20)28-29(3)26(24)32-23-15-10-13-21(27)17-23/h7-13,15,17,22,31H,4-6,14,16,18-19H2,1-3H3. The van der Waals surface area contributed by atoms with Crippen LogP contribution in [0.5, 0.6) is 11.6 Å². The Kier molecular flexibility index (Phi) is 8.82. The minimum atomic E-state index is -0.370. The molecule has 1 unspecified atom stereocenters. The zero-order chi connectivity index (χ0) is 22.9. The number of aryl methyl sites for hydroxylation is 1. The van der Waals surface area contributed by atoms with Gasteiger partial charge in [-0.25, -0.2) is 9.07 Å². The van der Waals surface area contributed by atoms with E-state index < -0.39 is 0 Å². The van der Waals surface area contributed by atoms with E-state index in [4.69, 9.17) is 9.84 Å². The quantitative estimate of drug-likeness (QED) is 0.389. The van der Waals surface area contributed by atoms with Gasteiger partial charge in [0.15, 0.2) is 0 Å². The number of aliphatic hydroxyl groups is 1. The van der Waals surface area contributed by atoms with Crippen molar-refractivity contribution in [2.75, 3.05) is 13.1 Å². The molecule has 0 radical (unpaired) electrons. The molecule has 0 aliphatic rings. The van der Waals surface area contributed by atoms with E-state index in [9.17, 15) is 9.50 Å². The summed E-state index contributed by atoms with van der Waals surface area (Å²) in [4.78, 5) is 2.25. The summed E-state index contributed by atoms with van der Waals surface area (Å²) < 4.78 is 21.6. The largest absolute Gasteiger partial charge is 0.439 e. The zero-order valence-corrected chi connectivity index (χ0v) is 19.3. The molecule has 1 aromatic heterocycles. The summed E-state index contributed by atoms with van der Waals surface area (Å²) in [7, 11) is 1.84. The number of ether oxygens (including phenoxy) is 1. The molecule has 0 amide bonds. The fourth-order valence-corrected chi connectivity index (χ4v) is 3.90. The average Bonchev–Trinajstić information content (AvgIpc) is 3.08. The lowest BCUT2D eigenvalue weighted by Gasteiger charge is -2.25. The molecule has 6 heteroatoms. The fourth-order valence-electron chi connectivity index (χ4n) is 3.90. The molecule has 0 aliphatic carbocycles. The minimum absolute atomic E-state index is 0.346. The number of benzene rings is 2. The van der Waals surface area contributed by atoms with Gasteiger partial charge in [0, 0.05) is 31.8 Å². The Labute approximate surface area is 190 Å². The van der Waals surface area contributed by atoms with Gasteiger partial charge in [-0.15, -0.1) is 0 Å². The van der Waals surface area contributed by atoms with Crippen LogP contribution < -0.4 is 4.74 Å². The van der Waals surface area contributed by atoms with Crippen LogP contribution >= 0.6 is 0 Å². The molecule has 3 aromatic rings. The lowest BCUT2D eigenvalue weighted by Crippen LogP contribution is -2.33. The molecule has 0 aliphatic heterocycles. The summed E-state index contributed by atoms with van der Waals surface area (Å²) in [6, 6.07) is 16.1. The molecule has 0 saturated carbocycles. The van der Waals surface area contributed by atoms with Crippen LogP contribution in [0.1, 0.15) is 45.1 Å². The minimum Gasteiger partial charge on any atom is -0.439 e. The second-order valence-corrected chi connectivity index (χ2v) is 8.21. The van der Waals surface area contributed by atoms with Crippen LogP contribution in [0.2, 0.25) is 0 Å². The number of aliphatic hydroxyl groups excluding tert-OH is 1. The maximum atomic E-state index is 13.8. The van der Waals surface area contributed by atoms with Gasteiger partial charge in [0.1, 0.15) is 17.3 Å². The van der Waals surface area contributed by atoms with E-state index in [1.165, 1.54) is 12.1 Å². The van der Waals surface area contributed by atoms with Gasteiger partial charge in [0.2, 0.25) is 5.88 Å². The number of halogens is 1. The highest BCUT2D eigenvalue weighted by Gasteiger charge is 2.23. The number of hydrogen-bond acceptors (Lipinski definition) is 4. The van der Waals surface area contributed by atoms with Crippen LogP contribution in [0.4, 0.5) is 4.39 Å². The molecule has 1 atom stereocenters. The summed E-state index contributed by atoms with van der Waals surface area (Å²) in [5, 5.41) is 15.3. The van der Waals surface area contributed by atoms with Crippen molar-refractivity contribution in [2.24, 2.45) is 7.05 Å². The van der Waals surface area contributed by atoms with Crippen molar-refractivity contribution in [1.29, 1.82) is 0 Å². The van der Waals surface area contributed by atoms with E-state index in [0.29, 0.717) is 24.7 Å². The average molecular weight is 440 g/mol. The van der Waals surface area contributed by atoms with Gasteiger partial charge < -0.3 is 9.84 Å². The molecular weight excluding hydrogens is 405 g/mol. The number of rotatable bonds is 12. The molecular formula is C26H34FN3O2. The zero-order valence-electron chi connectivity index (χ0n) is 19.3. The molecule has 3 rings (SSSR count). The first-order valence-electron chi connectivity index (χ1n) is 11.5. The van der Waals surface area contributed by atoms with Crippen molar-refractivity contribution < 1.29 is 14.2 Å². The van der Waals surface area contributed by atoms with Crippen LogP contribution in [-0.2, 0) is 13.6 Å². The normalized spacial score (nSPS) is 12.3. The Bertz CT molecular complexity index is 974. The van der Waals surface area contributed by atoms with Gasteiger partial charge in [0.25, 0.3) is 0 Å². The first kappa shape index (κ1) is 24.0. The molecule has 0 fully saturated rings. The Hall–Kier alpha value is -2.70. The summed E-state index contributed by atoms with van der Waals surface area (Å²) in [5.41, 5.74) is 2.76. The Balaban J connectivity index is 1.96. The third kappa shape index (κ3) is 6.40. The van der Waals surface area contributed by atoms with Crippen LogP contribution in [0.15, 0.2) is 54.6 Å². The Morgan fingerprint density at radius 1 is 1.09 bits per heavy atom. The highest BCUT2D eigenvalue weighted by molar-refractivity contribution is 5.65.